The molecule has 3 heterocycles. The third kappa shape index (κ3) is 4.01. The van der Waals surface area contributed by atoms with Crippen LogP contribution in [0.3, 0.4) is 0 Å². The fraction of sp³-hybridized carbons (Fsp3) is 0.0385. The molecule has 174 valence electrons. The van der Waals surface area contributed by atoms with Gasteiger partial charge in [-0.2, -0.15) is 0 Å². The molecule has 1 N–H and O–H groups in total. The van der Waals surface area contributed by atoms with Crippen molar-refractivity contribution in [2.45, 2.75) is 6.92 Å². The van der Waals surface area contributed by atoms with E-state index in [0.717, 1.165) is 18.2 Å². The average Bonchev–Trinajstić information content (AvgIpc) is 3.27. The molecule has 5 nitrogen and oxygen atoms in total. The summed E-state index contributed by atoms with van der Waals surface area (Å²) in [6.07, 6.45) is 4.77. The molecule has 0 radical (unpaired) electrons. The minimum atomic E-state index is -1.08. The number of halogens is 4. The summed E-state index contributed by atoms with van der Waals surface area (Å²) in [6, 6.07) is 12.0. The number of rotatable bonds is 4. The van der Waals surface area contributed by atoms with Crippen LogP contribution >= 0.6 is 0 Å². The SMILES string of the molecule is Cc1ncc(-c2cccn3c(-c4cccc(F)c4F)ncc23)cc1C(=O)Nc1ccc(F)c(F)c1. The molecule has 0 fully saturated rings. The van der Waals surface area contributed by atoms with Gasteiger partial charge in [-0.25, -0.2) is 22.5 Å². The Morgan fingerprint density at radius 2 is 1.66 bits per heavy atom. The number of carbonyl (C=O) groups is 1. The zero-order valence-electron chi connectivity index (χ0n) is 18.2. The molecule has 0 unspecified atom stereocenters. The zero-order valence-corrected chi connectivity index (χ0v) is 18.2. The first-order chi connectivity index (χ1) is 16.8. The van der Waals surface area contributed by atoms with E-state index in [1.807, 2.05) is 0 Å². The maximum absolute atomic E-state index is 14.4. The number of nitrogens with zero attached hydrogens (tertiary/aromatic N) is 3. The standard InChI is InChI=1S/C26H16F4N4O/c1-14-19(26(35)33-16-7-8-20(27)22(29)11-16)10-15(12-31-14)17-5-3-9-34-23(17)13-32-25(34)18-4-2-6-21(28)24(18)30/h2-13H,1H3,(H,33,35). The van der Waals surface area contributed by atoms with Crippen molar-refractivity contribution in [3.8, 4) is 22.5 Å². The third-order valence-corrected chi connectivity index (χ3v) is 5.58. The van der Waals surface area contributed by atoms with Gasteiger partial charge in [0.2, 0.25) is 0 Å². The monoisotopic (exact) mass is 476 g/mol. The molecule has 1 amide bonds. The van der Waals surface area contributed by atoms with Gasteiger partial charge in [-0.15, -0.1) is 0 Å². The van der Waals surface area contributed by atoms with E-state index in [1.165, 1.54) is 24.4 Å². The lowest BCUT2D eigenvalue weighted by atomic mass is 10.0. The molecule has 0 atom stereocenters. The van der Waals surface area contributed by atoms with Crippen LogP contribution in [0.15, 0.2) is 73.2 Å². The van der Waals surface area contributed by atoms with Crippen LogP contribution in [0.2, 0.25) is 0 Å². The van der Waals surface area contributed by atoms with E-state index < -0.39 is 29.2 Å². The van der Waals surface area contributed by atoms with E-state index in [1.54, 1.807) is 41.9 Å². The predicted molar refractivity (Wildman–Crippen MR) is 123 cm³/mol. The minimum Gasteiger partial charge on any atom is -0.322 e. The van der Waals surface area contributed by atoms with Crippen molar-refractivity contribution in [3.63, 3.8) is 0 Å². The van der Waals surface area contributed by atoms with Gasteiger partial charge in [0, 0.05) is 35.3 Å². The van der Waals surface area contributed by atoms with Gasteiger partial charge in [0.15, 0.2) is 23.3 Å². The van der Waals surface area contributed by atoms with E-state index >= 15 is 0 Å². The molecule has 0 bridgehead atoms. The summed E-state index contributed by atoms with van der Waals surface area (Å²) in [5.41, 5.74) is 2.57. The van der Waals surface area contributed by atoms with E-state index in [-0.39, 0.29) is 22.6 Å². The number of aryl methyl sites for hydroxylation is 1. The number of pyridine rings is 2. The van der Waals surface area contributed by atoms with Gasteiger partial charge in [-0.05, 0) is 43.3 Å². The van der Waals surface area contributed by atoms with Crippen molar-refractivity contribution in [2.24, 2.45) is 0 Å². The summed E-state index contributed by atoms with van der Waals surface area (Å²) in [5.74, 6) is -4.41. The molecule has 0 spiro atoms. The molecule has 0 aliphatic carbocycles. The highest BCUT2D eigenvalue weighted by atomic mass is 19.2. The highest BCUT2D eigenvalue weighted by Crippen LogP contribution is 2.30. The Balaban J connectivity index is 1.55. The van der Waals surface area contributed by atoms with Crippen LogP contribution in [0.5, 0.6) is 0 Å². The number of carbonyl (C=O) groups excluding carboxylic acids is 1. The molecule has 3 aromatic heterocycles. The van der Waals surface area contributed by atoms with Crippen LogP contribution in [-0.2, 0) is 0 Å². The van der Waals surface area contributed by atoms with Gasteiger partial charge in [0.25, 0.3) is 5.91 Å². The van der Waals surface area contributed by atoms with Crippen molar-refractivity contribution in [1.82, 2.24) is 14.4 Å². The number of fused-ring (bicyclic) bond motifs is 1. The lowest BCUT2D eigenvalue weighted by Crippen LogP contribution is -2.14. The summed E-state index contributed by atoms with van der Waals surface area (Å²) < 4.78 is 56.5. The molecule has 35 heavy (non-hydrogen) atoms. The van der Waals surface area contributed by atoms with Gasteiger partial charge < -0.3 is 5.32 Å². The van der Waals surface area contributed by atoms with E-state index in [9.17, 15) is 22.4 Å². The van der Waals surface area contributed by atoms with Crippen LogP contribution in [-0.4, -0.2) is 20.3 Å². The van der Waals surface area contributed by atoms with Crippen LogP contribution in [0.4, 0.5) is 23.2 Å². The molecular formula is C26H16F4N4O. The molecule has 9 heteroatoms. The topological polar surface area (TPSA) is 59.3 Å². The first-order valence-corrected chi connectivity index (χ1v) is 10.5. The third-order valence-electron chi connectivity index (χ3n) is 5.58. The van der Waals surface area contributed by atoms with E-state index in [4.69, 9.17) is 0 Å². The second-order valence-corrected chi connectivity index (χ2v) is 7.80. The Hall–Kier alpha value is -4.53. The van der Waals surface area contributed by atoms with Crippen molar-refractivity contribution in [3.05, 3.63) is 108 Å². The van der Waals surface area contributed by atoms with Gasteiger partial charge >= 0.3 is 0 Å². The molecular weight excluding hydrogens is 460 g/mol. The predicted octanol–water partition coefficient (Wildman–Crippen LogP) is 6.18. The van der Waals surface area contributed by atoms with Gasteiger partial charge in [-0.3, -0.25) is 14.2 Å². The fourth-order valence-corrected chi connectivity index (χ4v) is 3.82. The molecule has 0 aliphatic rings. The Morgan fingerprint density at radius 3 is 2.46 bits per heavy atom. The highest BCUT2D eigenvalue weighted by molar-refractivity contribution is 6.05. The smallest absolute Gasteiger partial charge is 0.257 e. The van der Waals surface area contributed by atoms with E-state index in [0.29, 0.717) is 22.3 Å². The second kappa shape index (κ2) is 8.68. The largest absolute Gasteiger partial charge is 0.322 e. The summed E-state index contributed by atoms with van der Waals surface area (Å²) >= 11 is 0. The Kier molecular flexibility index (Phi) is 5.52. The molecule has 0 aliphatic heterocycles. The second-order valence-electron chi connectivity index (χ2n) is 7.80. The van der Waals surface area contributed by atoms with Crippen molar-refractivity contribution in [2.75, 3.05) is 5.32 Å². The van der Waals surface area contributed by atoms with Crippen LogP contribution in [0.1, 0.15) is 16.1 Å². The Bertz CT molecular complexity index is 1610. The van der Waals surface area contributed by atoms with Crippen molar-refractivity contribution in [1.29, 1.82) is 0 Å². The normalized spacial score (nSPS) is 11.1. The molecule has 5 aromatic rings. The highest BCUT2D eigenvalue weighted by Gasteiger charge is 2.18. The molecule has 2 aromatic carbocycles. The number of amides is 1. The average molecular weight is 476 g/mol. The summed E-state index contributed by atoms with van der Waals surface area (Å²) in [5, 5.41) is 2.54. The summed E-state index contributed by atoms with van der Waals surface area (Å²) in [6.45, 7) is 1.65. The first kappa shape index (κ1) is 22.3. The molecule has 5 rings (SSSR count). The van der Waals surface area contributed by atoms with Gasteiger partial charge in [-0.1, -0.05) is 12.1 Å². The summed E-state index contributed by atoms with van der Waals surface area (Å²) in [4.78, 5) is 21.5. The van der Waals surface area contributed by atoms with Crippen LogP contribution < -0.4 is 5.32 Å². The molecule has 0 saturated carbocycles. The lowest BCUT2D eigenvalue weighted by molar-refractivity contribution is 0.102. The number of benzene rings is 2. The van der Waals surface area contributed by atoms with Gasteiger partial charge in [0.05, 0.1) is 28.5 Å². The number of anilines is 1. The number of nitrogens with one attached hydrogen (secondary N) is 1. The van der Waals surface area contributed by atoms with Gasteiger partial charge in [0.1, 0.15) is 5.82 Å². The number of hydrogen-bond acceptors (Lipinski definition) is 3. The molecule has 0 saturated heterocycles. The minimum absolute atomic E-state index is 0.00998. The number of hydrogen-bond donors (Lipinski definition) is 1. The Morgan fingerprint density at radius 1 is 0.857 bits per heavy atom. The summed E-state index contributed by atoms with van der Waals surface area (Å²) in [7, 11) is 0. The first-order valence-electron chi connectivity index (χ1n) is 10.5. The maximum Gasteiger partial charge on any atom is 0.257 e. The number of aromatic nitrogens is 3. The number of imidazole rings is 1. The lowest BCUT2D eigenvalue weighted by Gasteiger charge is -2.11. The Labute approximate surface area is 196 Å². The van der Waals surface area contributed by atoms with Crippen LogP contribution in [0, 0.1) is 30.2 Å². The van der Waals surface area contributed by atoms with Crippen molar-refractivity contribution >= 4 is 17.1 Å². The van der Waals surface area contributed by atoms with E-state index in [2.05, 4.69) is 15.3 Å². The quantitative estimate of drug-likeness (QED) is 0.315. The van der Waals surface area contributed by atoms with Crippen molar-refractivity contribution < 1.29 is 22.4 Å². The van der Waals surface area contributed by atoms with Crippen LogP contribution in [0.25, 0.3) is 28.0 Å². The zero-order chi connectivity index (χ0) is 24.7. The fourth-order valence-electron chi connectivity index (χ4n) is 3.82. The maximum atomic E-state index is 14.4.